The van der Waals surface area contributed by atoms with Crippen molar-refractivity contribution >= 4 is 34.2 Å². The van der Waals surface area contributed by atoms with Crippen LogP contribution in [-0.2, 0) is 0 Å². The average molecular weight is 297 g/mol. The first-order valence-electron chi connectivity index (χ1n) is 3.82. The minimum absolute atomic E-state index is 0.714. The van der Waals surface area contributed by atoms with E-state index < -0.39 is 0 Å². The van der Waals surface area contributed by atoms with E-state index in [1.165, 1.54) is 0 Å². The van der Waals surface area contributed by atoms with E-state index in [0.717, 1.165) is 22.3 Å². The summed E-state index contributed by atoms with van der Waals surface area (Å²) < 4.78 is 6.46. The van der Waals surface area contributed by atoms with Crippen molar-refractivity contribution in [2.45, 2.75) is 13.3 Å². The standard InChI is InChI=1S/C9H10ClIO/c1-2-6-12-8-5-3-4-7(11)9(8)10/h3-5H,2,6H2,1H3. The molecule has 0 N–H and O–H groups in total. The lowest BCUT2D eigenvalue weighted by molar-refractivity contribution is 0.317. The Morgan fingerprint density at radius 3 is 2.92 bits per heavy atom. The van der Waals surface area contributed by atoms with Gasteiger partial charge in [0.2, 0.25) is 0 Å². The van der Waals surface area contributed by atoms with Crippen LogP contribution in [0.15, 0.2) is 18.2 Å². The lowest BCUT2D eigenvalue weighted by atomic mass is 10.3. The predicted octanol–water partition coefficient (Wildman–Crippen LogP) is 3.73. The van der Waals surface area contributed by atoms with Crippen molar-refractivity contribution in [1.29, 1.82) is 0 Å². The quantitative estimate of drug-likeness (QED) is 0.772. The van der Waals surface area contributed by atoms with Crippen LogP contribution >= 0.6 is 34.2 Å². The van der Waals surface area contributed by atoms with E-state index in [4.69, 9.17) is 16.3 Å². The molecule has 1 aromatic carbocycles. The fraction of sp³-hybridized carbons (Fsp3) is 0.333. The number of halogens is 2. The Morgan fingerprint density at radius 2 is 2.25 bits per heavy atom. The summed E-state index contributed by atoms with van der Waals surface area (Å²) in [5, 5.41) is 0.714. The van der Waals surface area contributed by atoms with Crippen molar-refractivity contribution in [2.75, 3.05) is 6.61 Å². The number of benzene rings is 1. The van der Waals surface area contributed by atoms with Crippen LogP contribution in [0.1, 0.15) is 13.3 Å². The van der Waals surface area contributed by atoms with Crippen LogP contribution in [0, 0.1) is 3.57 Å². The van der Waals surface area contributed by atoms with Gasteiger partial charge >= 0.3 is 0 Å². The third-order valence-corrected chi connectivity index (χ3v) is 2.99. The SMILES string of the molecule is CCCOc1cccc(I)c1Cl. The van der Waals surface area contributed by atoms with E-state index in [2.05, 4.69) is 29.5 Å². The van der Waals surface area contributed by atoms with Gasteiger partial charge in [0.25, 0.3) is 0 Å². The molecule has 0 aliphatic carbocycles. The first-order chi connectivity index (χ1) is 5.75. The molecule has 0 spiro atoms. The topological polar surface area (TPSA) is 9.23 Å². The highest BCUT2D eigenvalue weighted by atomic mass is 127. The first kappa shape index (κ1) is 10.1. The maximum Gasteiger partial charge on any atom is 0.138 e. The third kappa shape index (κ3) is 2.52. The van der Waals surface area contributed by atoms with Gasteiger partial charge in [-0.3, -0.25) is 0 Å². The Morgan fingerprint density at radius 1 is 1.50 bits per heavy atom. The molecule has 0 saturated heterocycles. The zero-order chi connectivity index (χ0) is 8.97. The summed E-state index contributed by atoms with van der Waals surface area (Å²) >= 11 is 8.19. The lowest BCUT2D eigenvalue weighted by Crippen LogP contribution is -1.95. The summed E-state index contributed by atoms with van der Waals surface area (Å²) in [6, 6.07) is 5.79. The molecule has 0 heterocycles. The zero-order valence-electron chi connectivity index (χ0n) is 6.81. The normalized spacial score (nSPS) is 9.92. The van der Waals surface area contributed by atoms with Crippen molar-refractivity contribution in [3.05, 3.63) is 26.8 Å². The van der Waals surface area contributed by atoms with Gasteiger partial charge in [-0.15, -0.1) is 0 Å². The molecule has 0 bridgehead atoms. The van der Waals surface area contributed by atoms with E-state index in [9.17, 15) is 0 Å². The van der Waals surface area contributed by atoms with E-state index >= 15 is 0 Å². The number of hydrogen-bond donors (Lipinski definition) is 0. The van der Waals surface area contributed by atoms with Gasteiger partial charge in [-0.2, -0.15) is 0 Å². The highest BCUT2D eigenvalue weighted by molar-refractivity contribution is 14.1. The van der Waals surface area contributed by atoms with Crippen LogP contribution in [0.3, 0.4) is 0 Å². The van der Waals surface area contributed by atoms with Gasteiger partial charge in [-0.05, 0) is 41.1 Å². The van der Waals surface area contributed by atoms with Crippen molar-refractivity contribution in [3.8, 4) is 5.75 Å². The second-order valence-electron chi connectivity index (χ2n) is 2.40. The number of hydrogen-bond acceptors (Lipinski definition) is 1. The van der Waals surface area contributed by atoms with Gasteiger partial charge in [0.15, 0.2) is 0 Å². The molecule has 3 heteroatoms. The average Bonchev–Trinajstić information content (AvgIpc) is 2.08. The first-order valence-corrected chi connectivity index (χ1v) is 5.28. The van der Waals surface area contributed by atoms with Gasteiger partial charge in [-0.1, -0.05) is 24.6 Å². The second-order valence-corrected chi connectivity index (χ2v) is 3.94. The summed E-state index contributed by atoms with van der Waals surface area (Å²) in [6.07, 6.45) is 1.00. The molecule has 0 fully saturated rings. The molecule has 0 radical (unpaired) electrons. The largest absolute Gasteiger partial charge is 0.492 e. The Bertz CT molecular complexity index is 263. The van der Waals surface area contributed by atoms with Crippen molar-refractivity contribution in [3.63, 3.8) is 0 Å². The molecule has 0 unspecified atom stereocenters. The summed E-state index contributed by atoms with van der Waals surface area (Å²) in [6.45, 7) is 2.79. The van der Waals surface area contributed by atoms with Gasteiger partial charge in [0.1, 0.15) is 5.75 Å². The molecule has 0 aliphatic heterocycles. The molecule has 0 atom stereocenters. The third-order valence-electron chi connectivity index (χ3n) is 1.38. The molecule has 1 rings (SSSR count). The molecule has 0 aliphatic rings. The van der Waals surface area contributed by atoms with Crippen LogP contribution in [-0.4, -0.2) is 6.61 Å². The number of ether oxygens (including phenoxy) is 1. The van der Waals surface area contributed by atoms with Crippen LogP contribution < -0.4 is 4.74 Å². The number of rotatable bonds is 3. The van der Waals surface area contributed by atoms with Crippen LogP contribution in [0.25, 0.3) is 0 Å². The Hall–Kier alpha value is 0.0400. The smallest absolute Gasteiger partial charge is 0.138 e. The van der Waals surface area contributed by atoms with E-state index in [1.54, 1.807) is 0 Å². The molecule has 12 heavy (non-hydrogen) atoms. The maximum absolute atomic E-state index is 6.00. The fourth-order valence-electron chi connectivity index (χ4n) is 0.808. The summed E-state index contributed by atoms with van der Waals surface area (Å²) in [5.41, 5.74) is 0. The lowest BCUT2D eigenvalue weighted by Gasteiger charge is -2.06. The molecule has 66 valence electrons. The van der Waals surface area contributed by atoms with Gasteiger partial charge in [0, 0.05) is 3.57 Å². The van der Waals surface area contributed by atoms with Crippen LogP contribution in [0.4, 0.5) is 0 Å². The molecule has 0 amide bonds. The summed E-state index contributed by atoms with van der Waals surface area (Å²) in [5.74, 6) is 0.783. The second kappa shape index (κ2) is 4.92. The Kier molecular flexibility index (Phi) is 4.15. The van der Waals surface area contributed by atoms with E-state index in [1.807, 2.05) is 18.2 Å². The van der Waals surface area contributed by atoms with Gasteiger partial charge < -0.3 is 4.74 Å². The summed E-state index contributed by atoms with van der Waals surface area (Å²) in [7, 11) is 0. The monoisotopic (exact) mass is 296 g/mol. The zero-order valence-corrected chi connectivity index (χ0v) is 9.72. The Labute approximate surface area is 91.2 Å². The van der Waals surface area contributed by atoms with Gasteiger partial charge in [-0.25, -0.2) is 0 Å². The highest BCUT2D eigenvalue weighted by Crippen LogP contribution is 2.28. The molecule has 1 nitrogen and oxygen atoms in total. The van der Waals surface area contributed by atoms with Crippen LogP contribution in [0.5, 0.6) is 5.75 Å². The Balaban J connectivity index is 2.78. The van der Waals surface area contributed by atoms with Crippen molar-refractivity contribution in [2.24, 2.45) is 0 Å². The molecule has 1 aromatic rings. The minimum Gasteiger partial charge on any atom is -0.492 e. The molecule has 0 aromatic heterocycles. The summed E-state index contributed by atoms with van der Waals surface area (Å²) in [4.78, 5) is 0. The van der Waals surface area contributed by atoms with Crippen molar-refractivity contribution < 1.29 is 4.74 Å². The van der Waals surface area contributed by atoms with E-state index in [-0.39, 0.29) is 0 Å². The maximum atomic E-state index is 6.00. The van der Waals surface area contributed by atoms with E-state index in [0.29, 0.717) is 5.02 Å². The minimum atomic E-state index is 0.714. The highest BCUT2D eigenvalue weighted by Gasteiger charge is 2.03. The van der Waals surface area contributed by atoms with Gasteiger partial charge in [0.05, 0.1) is 11.6 Å². The molecular weight excluding hydrogens is 286 g/mol. The predicted molar refractivity (Wildman–Crippen MR) is 60.0 cm³/mol. The van der Waals surface area contributed by atoms with Crippen LogP contribution in [0.2, 0.25) is 5.02 Å². The van der Waals surface area contributed by atoms with Crippen molar-refractivity contribution in [1.82, 2.24) is 0 Å². The molecule has 0 saturated carbocycles. The fourth-order valence-corrected chi connectivity index (χ4v) is 1.46. The molecular formula is C9H10ClIO.